The molecule has 0 bridgehead atoms. The average Bonchev–Trinajstić information content (AvgIpc) is 2.90. The van der Waals surface area contributed by atoms with Crippen molar-refractivity contribution in [3.63, 3.8) is 0 Å². The molecule has 0 saturated carbocycles. The summed E-state index contributed by atoms with van der Waals surface area (Å²) in [6.45, 7) is 0. The standard InChI is InChI=1S/C14H8F3N3O2/c15-14(16,17)8-6-9(7-4-2-1-3-5-7)18-11-10(8)19-12(20-11)13(21)22/h1-6H,(H,21,22)(H,18,19,20). The van der Waals surface area contributed by atoms with Gasteiger partial charge in [-0.25, -0.2) is 14.8 Å². The van der Waals surface area contributed by atoms with Crippen LogP contribution < -0.4 is 0 Å². The van der Waals surface area contributed by atoms with Crippen molar-refractivity contribution < 1.29 is 23.1 Å². The molecule has 0 amide bonds. The molecule has 112 valence electrons. The Morgan fingerprint density at radius 1 is 1.14 bits per heavy atom. The first-order valence-corrected chi connectivity index (χ1v) is 6.13. The molecule has 3 rings (SSSR count). The van der Waals surface area contributed by atoms with Crippen LogP contribution in [0.2, 0.25) is 0 Å². The summed E-state index contributed by atoms with van der Waals surface area (Å²) in [7, 11) is 0. The summed E-state index contributed by atoms with van der Waals surface area (Å²) in [5, 5.41) is 8.86. The van der Waals surface area contributed by atoms with Crippen LogP contribution in [-0.2, 0) is 6.18 Å². The van der Waals surface area contributed by atoms with E-state index < -0.39 is 29.1 Å². The van der Waals surface area contributed by atoms with Crippen LogP contribution in [0.5, 0.6) is 0 Å². The highest BCUT2D eigenvalue weighted by atomic mass is 19.4. The fourth-order valence-electron chi connectivity index (χ4n) is 2.06. The van der Waals surface area contributed by atoms with Gasteiger partial charge in [0.2, 0.25) is 5.82 Å². The van der Waals surface area contributed by atoms with E-state index in [2.05, 4.69) is 15.0 Å². The summed E-state index contributed by atoms with van der Waals surface area (Å²) in [5.74, 6) is -2.04. The molecule has 0 fully saturated rings. The Kier molecular flexibility index (Phi) is 3.09. The van der Waals surface area contributed by atoms with Gasteiger partial charge in [0.15, 0.2) is 5.65 Å². The number of carboxylic acids is 1. The number of aromatic nitrogens is 3. The van der Waals surface area contributed by atoms with Crippen molar-refractivity contribution >= 4 is 17.1 Å². The Labute approximate surface area is 121 Å². The average molecular weight is 307 g/mol. The van der Waals surface area contributed by atoms with E-state index in [1.165, 1.54) is 0 Å². The summed E-state index contributed by atoms with van der Waals surface area (Å²) >= 11 is 0. The summed E-state index contributed by atoms with van der Waals surface area (Å²) < 4.78 is 39.6. The second-order valence-electron chi connectivity index (χ2n) is 4.51. The van der Waals surface area contributed by atoms with Crippen LogP contribution in [0.15, 0.2) is 36.4 Å². The van der Waals surface area contributed by atoms with Gasteiger partial charge in [-0.2, -0.15) is 13.2 Å². The van der Waals surface area contributed by atoms with Crippen molar-refractivity contribution in [3.05, 3.63) is 47.8 Å². The molecule has 2 N–H and O–H groups in total. The fourth-order valence-corrected chi connectivity index (χ4v) is 2.06. The molecule has 2 aromatic heterocycles. The number of carbonyl (C=O) groups is 1. The van der Waals surface area contributed by atoms with Gasteiger partial charge < -0.3 is 10.1 Å². The largest absolute Gasteiger partial charge is 0.475 e. The molecule has 5 nitrogen and oxygen atoms in total. The third-order valence-electron chi connectivity index (χ3n) is 3.03. The van der Waals surface area contributed by atoms with Crippen LogP contribution >= 0.6 is 0 Å². The molecule has 0 saturated heterocycles. The lowest BCUT2D eigenvalue weighted by molar-refractivity contribution is -0.136. The molecule has 0 unspecified atom stereocenters. The molecule has 3 aromatic rings. The number of hydrogen-bond acceptors (Lipinski definition) is 3. The van der Waals surface area contributed by atoms with Crippen molar-refractivity contribution in [3.8, 4) is 11.3 Å². The molecule has 0 radical (unpaired) electrons. The number of benzene rings is 1. The summed E-state index contributed by atoms with van der Waals surface area (Å²) in [6, 6.07) is 9.16. The maximum absolute atomic E-state index is 13.2. The Hall–Kier alpha value is -2.90. The zero-order valence-electron chi connectivity index (χ0n) is 10.8. The van der Waals surface area contributed by atoms with Gasteiger partial charge in [-0.1, -0.05) is 30.3 Å². The van der Waals surface area contributed by atoms with Gasteiger partial charge in [0.1, 0.15) is 5.52 Å². The van der Waals surface area contributed by atoms with Gasteiger partial charge in [-0.15, -0.1) is 0 Å². The molecule has 22 heavy (non-hydrogen) atoms. The minimum Gasteiger partial charge on any atom is -0.475 e. The van der Waals surface area contributed by atoms with Crippen LogP contribution in [-0.4, -0.2) is 26.0 Å². The minimum atomic E-state index is -4.67. The number of halogens is 3. The van der Waals surface area contributed by atoms with Crippen LogP contribution in [0.3, 0.4) is 0 Å². The minimum absolute atomic E-state index is 0.0843. The SMILES string of the molecule is O=C(O)c1nc2c(C(F)(F)F)cc(-c3ccccc3)nc2[nH]1. The van der Waals surface area contributed by atoms with Crippen molar-refractivity contribution in [2.45, 2.75) is 6.18 Å². The molecule has 0 aliphatic carbocycles. The van der Waals surface area contributed by atoms with Crippen LogP contribution in [0.1, 0.15) is 16.2 Å². The van der Waals surface area contributed by atoms with Crippen molar-refractivity contribution in [1.29, 1.82) is 0 Å². The quantitative estimate of drug-likeness (QED) is 0.761. The van der Waals surface area contributed by atoms with E-state index in [-0.39, 0.29) is 11.3 Å². The number of carboxylic acid groups (broad SMARTS) is 1. The maximum atomic E-state index is 13.2. The third kappa shape index (κ3) is 2.39. The summed E-state index contributed by atoms with van der Waals surface area (Å²) in [6.07, 6.45) is -4.67. The molecular formula is C14H8F3N3O2. The van der Waals surface area contributed by atoms with E-state index in [1.54, 1.807) is 30.3 Å². The second-order valence-corrected chi connectivity index (χ2v) is 4.51. The number of hydrogen-bond donors (Lipinski definition) is 2. The molecular weight excluding hydrogens is 299 g/mol. The smallest absolute Gasteiger partial charge is 0.418 e. The van der Waals surface area contributed by atoms with Crippen LogP contribution in [0.4, 0.5) is 13.2 Å². The lowest BCUT2D eigenvalue weighted by Gasteiger charge is -2.09. The van der Waals surface area contributed by atoms with Crippen molar-refractivity contribution in [2.75, 3.05) is 0 Å². The number of nitrogens with one attached hydrogen (secondary N) is 1. The van der Waals surface area contributed by atoms with E-state index >= 15 is 0 Å². The Bertz CT molecular complexity index is 857. The third-order valence-corrected chi connectivity index (χ3v) is 3.03. The molecule has 0 spiro atoms. The van der Waals surface area contributed by atoms with E-state index in [0.717, 1.165) is 6.07 Å². The van der Waals surface area contributed by atoms with Crippen molar-refractivity contribution in [2.24, 2.45) is 0 Å². The van der Waals surface area contributed by atoms with E-state index in [1.807, 2.05) is 0 Å². The molecule has 0 aliphatic rings. The molecule has 2 heterocycles. The first-order chi connectivity index (χ1) is 10.4. The number of rotatable bonds is 2. The lowest BCUT2D eigenvalue weighted by atomic mass is 10.1. The second kappa shape index (κ2) is 4.83. The van der Waals surface area contributed by atoms with Gasteiger partial charge in [0.25, 0.3) is 0 Å². The fraction of sp³-hybridized carbons (Fsp3) is 0.0714. The highest BCUT2D eigenvalue weighted by Crippen LogP contribution is 2.35. The zero-order valence-corrected chi connectivity index (χ0v) is 10.8. The predicted molar refractivity (Wildman–Crippen MR) is 71.3 cm³/mol. The van der Waals surface area contributed by atoms with Crippen molar-refractivity contribution in [1.82, 2.24) is 15.0 Å². The first-order valence-electron chi connectivity index (χ1n) is 6.13. The van der Waals surface area contributed by atoms with Gasteiger partial charge in [0.05, 0.1) is 11.3 Å². The monoisotopic (exact) mass is 307 g/mol. The van der Waals surface area contributed by atoms with E-state index in [0.29, 0.717) is 5.56 Å². The number of imidazole rings is 1. The number of aromatic amines is 1. The first kappa shape index (κ1) is 14.1. The Morgan fingerprint density at radius 2 is 1.82 bits per heavy atom. The van der Waals surface area contributed by atoms with Gasteiger partial charge in [-0.05, 0) is 6.07 Å². The normalized spacial score (nSPS) is 11.8. The number of H-pyrrole nitrogens is 1. The number of pyridine rings is 1. The summed E-state index contributed by atoms with van der Waals surface area (Å²) in [5.41, 5.74) is -1.18. The lowest BCUT2D eigenvalue weighted by Crippen LogP contribution is -2.07. The van der Waals surface area contributed by atoms with E-state index in [4.69, 9.17) is 5.11 Å². The van der Waals surface area contributed by atoms with Crippen LogP contribution in [0, 0.1) is 0 Å². The molecule has 1 aromatic carbocycles. The number of nitrogens with zero attached hydrogens (tertiary/aromatic N) is 2. The van der Waals surface area contributed by atoms with Crippen LogP contribution in [0.25, 0.3) is 22.4 Å². The zero-order chi connectivity index (χ0) is 15.9. The van der Waals surface area contributed by atoms with Gasteiger partial charge in [-0.3, -0.25) is 0 Å². The summed E-state index contributed by atoms with van der Waals surface area (Å²) in [4.78, 5) is 20.7. The predicted octanol–water partition coefficient (Wildman–Crippen LogP) is 3.34. The van der Waals surface area contributed by atoms with Gasteiger partial charge in [0, 0.05) is 5.56 Å². The number of alkyl halides is 3. The number of aromatic carboxylic acids is 1. The van der Waals surface area contributed by atoms with E-state index in [9.17, 15) is 18.0 Å². The highest BCUT2D eigenvalue weighted by molar-refractivity contribution is 5.89. The van der Waals surface area contributed by atoms with Gasteiger partial charge >= 0.3 is 12.1 Å². The Morgan fingerprint density at radius 3 is 2.41 bits per heavy atom. The highest BCUT2D eigenvalue weighted by Gasteiger charge is 2.35. The number of fused-ring (bicyclic) bond motifs is 1. The molecule has 8 heteroatoms. The molecule has 0 atom stereocenters. The Balaban J connectivity index is 2.31. The topological polar surface area (TPSA) is 78.9 Å². The maximum Gasteiger partial charge on any atom is 0.418 e. The molecule has 0 aliphatic heterocycles.